The standard InChI is InChI=1S/C24H26N2O4S/c1-4-22(18-10-13-20(30-3)14-11-18)25-24(27)19-12-15-23(17(2)16-19)26-31(28,29)21-8-6-5-7-9-21/h5-16,22,26H,4H2,1-3H3,(H,25,27). The highest BCUT2D eigenvalue weighted by Gasteiger charge is 2.17. The molecule has 1 unspecified atom stereocenters. The van der Waals surface area contributed by atoms with E-state index in [9.17, 15) is 13.2 Å². The number of ether oxygens (including phenoxy) is 1. The molecule has 0 saturated heterocycles. The van der Waals surface area contributed by atoms with Crippen LogP contribution in [0.4, 0.5) is 5.69 Å². The van der Waals surface area contributed by atoms with Crippen molar-refractivity contribution in [1.29, 1.82) is 0 Å². The van der Waals surface area contributed by atoms with Crippen molar-refractivity contribution in [3.8, 4) is 5.75 Å². The number of amides is 1. The van der Waals surface area contributed by atoms with Crippen molar-refractivity contribution in [2.45, 2.75) is 31.2 Å². The molecule has 0 aliphatic heterocycles. The molecule has 0 saturated carbocycles. The summed E-state index contributed by atoms with van der Waals surface area (Å²) in [7, 11) is -2.08. The summed E-state index contributed by atoms with van der Waals surface area (Å²) >= 11 is 0. The lowest BCUT2D eigenvalue weighted by atomic mass is 10.0. The predicted molar refractivity (Wildman–Crippen MR) is 122 cm³/mol. The molecule has 31 heavy (non-hydrogen) atoms. The largest absolute Gasteiger partial charge is 0.497 e. The van der Waals surface area contributed by atoms with Crippen LogP contribution in [-0.2, 0) is 10.0 Å². The summed E-state index contributed by atoms with van der Waals surface area (Å²) in [4.78, 5) is 13.0. The molecule has 0 fully saturated rings. The zero-order chi connectivity index (χ0) is 22.4. The van der Waals surface area contributed by atoms with Gasteiger partial charge in [0, 0.05) is 5.56 Å². The number of hydrogen-bond donors (Lipinski definition) is 2. The molecular weight excluding hydrogens is 412 g/mol. The first kappa shape index (κ1) is 22.4. The minimum atomic E-state index is -3.69. The molecule has 7 heteroatoms. The lowest BCUT2D eigenvalue weighted by Gasteiger charge is -2.18. The topological polar surface area (TPSA) is 84.5 Å². The number of benzene rings is 3. The van der Waals surface area contributed by atoms with Crippen LogP contribution >= 0.6 is 0 Å². The Labute approximate surface area is 183 Å². The molecule has 0 aromatic heterocycles. The zero-order valence-corrected chi connectivity index (χ0v) is 18.6. The van der Waals surface area contributed by atoms with Crippen LogP contribution < -0.4 is 14.8 Å². The van der Waals surface area contributed by atoms with Gasteiger partial charge in [-0.25, -0.2) is 8.42 Å². The molecule has 0 heterocycles. The number of nitrogens with one attached hydrogen (secondary N) is 2. The highest BCUT2D eigenvalue weighted by molar-refractivity contribution is 7.92. The van der Waals surface area contributed by atoms with Crippen molar-refractivity contribution in [2.24, 2.45) is 0 Å². The van der Waals surface area contributed by atoms with Gasteiger partial charge in [-0.1, -0.05) is 37.3 Å². The van der Waals surface area contributed by atoms with E-state index in [1.807, 2.05) is 31.2 Å². The number of methoxy groups -OCH3 is 1. The van der Waals surface area contributed by atoms with Crippen LogP contribution in [0.25, 0.3) is 0 Å². The monoisotopic (exact) mass is 438 g/mol. The van der Waals surface area contributed by atoms with Crippen LogP contribution in [0.15, 0.2) is 77.7 Å². The number of anilines is 1. The van der Waals surface area contributed by atoms with E-state index in [-0.39, 0.29) is 16.8 Å². The maximum atomic E-state index is 12.8. The molecule has 3 aromatic carbocycles. The van der Waals surface area contributed by atoms with E-state index < -0.39 is 10.0 Å². The Morgan fingerprint density at radius 2 is 1.68 bits per heavy atom. The quantitative estimate of drug-likeness (QED) is 0.535. The maximum Gasteiger partial charge on any atom is 0.261 e. The van der Waals surface area contributed by atoms with Crippen LogP contribution in [0.3, 0.4) is 0 Å². The third-order valence-electron chi connectivity index (χ3n) is 5.02. The fourth-order valence-electron chi connectivity index (χ4n) is 3.22. The lowest BCUT2D eigenvalue weighted by molar-refractivity contribution is 0.0935. The summed E-state index contributed by atoms with van der Waals surface area (Å²) in [5, 5.41) is 3.04. The molecule has 3 rings (SSSR count). The molecule has 1 atom stereocenters. The number of hydrogen-bond acceptors (Lipinski definition) is 4. The normalized spacial score (nSPS) is 12.1. The second kappa shape index (κ2) is 9.66. The van der Waals surface area contributed by atoms with Crippen LogP contribution in [0.2, 0.25) is 0 Å². The van der Waals surface area contributed by atoms with Gasteiger partial charge in [-0.2, -0.15) is 0 Å². The van der Waals surface area contributed by atoms with Gasteiger partial charge < -0.3 is 10.1 Å². The summed E-state index contributed by atoms with van der Waals surface area (Å²) < 4.78 is 32.9. The average molecular weight is 439 g/mol. The molecule has 0 bridgehead atoms. The third-order valence-corrected chi connectivity index (χ3v) is 6.40. The van der Waals surface area contributed by atoms with Gasteiger partial charge in [0.2, 0.25) is 0 Å². The summed E-state index contributed by atoms with van der Waals surface area (Å²) in [5.41, 5.74) is 2.54. The maximum absolute atomic E-state index is 12.8. The van der Waals surface area contributed by atoms with E-state index >= 15 is 0 Å². The Bertz CT molecular complexity index is 1140. The van der Waals surface area contributed by atoms with Gasteiger partial charge in [0.05, 0.1) is 23.7 Å². The van der Waals surface area contributed by atoms with E-state index in [0.717, 1.165) is 17.7 Å². The molecule has 1 amide bonds. The fraction of sp³-hybridized carbons (Fsp3) is 0.208. The summed E-state index contributed by atoms with van der Waals surface area (Å²) in [5.74, 6) is 0.539. The van der Waals surface area contributed by atoms with Crippen molar-refractivity contribution >= 4 is 21.6 Å². The second-order valence-corrected chi connectivity index (χ2v) is 8.84. The van der Waals surface area contributed by atoms with Crippen LogP contribution in [0, 0.1) is 6.92 Å². The summed E-state index contributed by atoms with van der Waals surface area (Å²) in [6, 6.07) is 20.5. The molecule has 2 N–H and O–H groups in total. The van der Waals surface area contributed by atoms with Crippen molar-refractivity contribution in [1.82, 2.24) is 5.32 Å². The molecule has 0 radical (unpaired) electrons. The highest BCUT2D eigenvalue weighted by atomic mass is 32.2. The first-order valence-electron chi connectivity index (χ1n) is 9.97. The molecule has 0 aliphatic rings. The minimum absolute atomic E-state index is 0.144. The molecule has 0 aliphatic carbocycles. The molecule has 162 valence electrons. The Hall–Kier alpha value is -3.32. The molecule has 0 spiro atoms. The van der Waals surface area contributed by atoms with Crippen molar-refractivity contribution < 1.29 is 17.9 Å². The van der Waals surface area contributed by atoms with Crippen LogP contribution in [0.1, 0.15) is 40.9 Å². The lowest BCUT2D eigenvalue weighted by Crippen LogP contribution is -2.28. The van der Waals surface area contributed by atoms with Gasteiger partial charge in [0.1, 0.15) is 5.75 Å². The minimum Gasteiger partial charge on any atom is -0.497 e. The first-order valence-corrected chi connectivity index (χ1v) is 11.5. The second-order valence-electron chi connectivity index (χ2n) is 7.16. The number of carbonyl (C=O) groups excluding carboxylic acids is 1. The van der Waals surface area contributed by atoms with Gasteiger partial charge in [-0.15, -0.1) is 0 Å². The Morgan fingerprint density at radius 3 is 2.26 bits per heavy atom. The SMILES string of the molecule is CCC(NC(=O)c1ccc(NS(=O)(=O)c2ccccc2)c(C)c1)c1ccc(OC)cc1. The molecular formula is C24H26N2O4S. The van der Waals surface area contributed by atoms with Crippen molar-refractivity contribution in [3.63, 3.8) is 0 Å². The van der Waals surface area contributed by atoms with Crippen LogP contribution in [0.5, 0.6) is 5.75 Å². The van der Waals surface area contributed by atoms with E-state index in [0.29, 0.717) is 16.8 Å². The summed E-state index contributed by atoms with van der Waals surface area (Å²) in [6.45, 7) is 3.77. The third kappa shape index (κ3) is 5.44. The Kier molecular flexibility index (Phi) is 6.97. The molecule has 3 aromatic rings. The van der Waals surface area contributed by atoms with Gasteiger partial charge in [-0.05, 0) is 66.9 Å². The smallest absolute Gasteiger partial charge is 0.261 e. The number of aryl methyl sites for hydroxylation is 1. The fourth-order valence-corrected chi connectivity index (χ4v) is 4.37. The average Bonchev–Trinajstić information content (AvgIpc) is 2.79. The van der Waals surface area contributed by atoms with Crippen molar-refractivity contribution in [2.75, 3.05) is 11.8 Å². The van der Waals surface area contributed by atoms with Crippen LogP contribution in [-0.4, -0.2) is 21.4 Å². The number of carbonyl (C=O) groups is 1. The van der Waals surface area contributed by atoms with Crippen molar-refractivity contribution in [3.05, 3.63) is 89.5 Å². The van der Waals surface area contributed by atoms with Gasteiger partial charge in [-0.3, -0.25) is 9.52 Å². The van der Waals surface area contributed by atoms with E-state index in [1.54, 1.807) is 50.4 Å². The summed E-state index contributed by atoms with van der Waals surface area (Å²) in [6.07, 6.45) is 0.728. The van der Waals surface area contributed by atoms with E-state index in [2.05, 4.69) is 10.0 Å². The predicted octanol–water partition coefficient (Wildman–Crippen LogP) is 4.69. The van der Waals surface area contributed by atoms with E-state index in [4.69, 9.17) is 4.74 Å². The van der Waals surface area contributed by atoms with Gasteiger partial charge in [0.25, 0.3) is 15.9 Å². The number of rotatable bonds is 8. The van der Waals surface area contributed by atoms with Gasteiger partial charge in [0.15, 0.2) is 0 Å². The van der Waals surface area contributed by atoms with E-state index in [1.165, 1.54) is 12.1 Å². The van der Waals surface area contributed by atoms with Gasteiger partial charge >= 0.3 is 0 Å². The zero-order valence-electron chi connectivity index (χ0n) is 17.8. The molecule has 6 nitrogen and oxygen atoms in total. The number of sulfonamides is 1. The Balaban J connectivity index is 1.74. The Morgan fingerprint density at radius 1 is 1.00 bits per heavy atom. The highest BCUT2D eigenvalue weighted by Crippen LogP contribution is 2.23. The first-order chi connectivity index (χ1) is 14.8.